The van der Waals surface area contributed by atoms with Crippen molar-refractivity contribution in [3.8, 4) is 22.3 Å². The third kappa shape index (κ3) is 0.822. The van der Waals surface area contributed by atoms with Crippen LogP contribution in [0.2, 0.25) is 0 Å². The highest BCUT2D eigenvalue weighted by molar-refractivity contribution is 7.18. The molecule has 1 heterocycles. The highest BCUT2D eigenvalue weighted by Gasteiger charge is 2.21. The molecule has 3 aromatic rings. The minimum atomic E-state index is 1.39. The molecule has 0 unspecified atom stereocenters. The normalized spacial score (nSPS) is 12.0. The molecule has 0 bridgehead atoms. The monoisotopic (exact) mass is 208 g/mol. The first kappa shape index (κ1) is 7.66. The van der Waals surface area contributed by atoms with Crippen LogP contribution >= 0.6 is 11.3 Å². The van der Waals surface area contributed by atoms with Crippen molar-refractivity contribution in [2.45, 2.75) is 0 Å². The van der Waals surface area contributed by atoms with Crippen molar-refractivity contribution >= 4 is 21.4 Å². The summed E-state index contributed by atoms with van der Waals surface area (Å²) in [6, 6.07) is 15.3. The molecule has 0 saturated heterocycles. The minimum Gasteiger partial charge on any atom is -0.143 e. The Morgan fingerprint density at radius 2 is 1.40 bits per heavy atom. The number of hydrogen-bond donors (Lipinski definition) is 0. The van der Waals surface area contributed by atoms with Crippen LogP contribution in [0.4, 0.5) is 0 Å². The number of hydrogen-bond acceptors (Lipinski definition) is 1. The van der Waals surface area contributed by atoms with Crippen molar-refractivity contribution in [2.24, 2.45) is 0 Å². The number of thiophene rings is 1. The highest BCUT2D eigenvalue weighted by Crippen LogP contribution is 2.49. The molecule has 1 aliphatic rings. The van der Waals surface area contributed by atoms with Gasteiger partial charge in [-0.3, -0.25) is 0 Å². The topological polar surface area (TPSA) is 0 Å². The molecule has 0 saturated carbocycles. The summed E-state index contributed by atoms with van der Waals surface area (Å²) in [6.07, 6.45) is 0. The summed E-state index contributed by atoms with van der Waals surface area (Å²) in [4.78, 5) is 0. The second-order valence-electron chi connectivity index (χ2n) is 3.87. The lowest BCUT2D eigenvalue weighted by atomic mass is 10.1. The first-order valence-corrected chi connectivity index (χ1v) is 5.93. The van der Waals surface area contributed by atoms with Gasteiger partial charge in [0.15, 0.2) is 0 Å². The Morgan fingerprint density at radius 1 is 0.667 bits per heavy atom. The van der Waals surface area contributed by atoms with Crippen LogP contribution in [0.5, 0.6) is 0 Å². The fourth-order valence-electron chi connectivity index (χ4n) is 2.46. The smallest absolute Gasteiger partial charge is 0.0355 e. The third-order valence-electron chi connectivity index (χ3n) is 3.11. The van der Waals surface area contributed by atoms with Gasteiger partial charge in [-0.25, -0.2) is 0 Å². The van der Waals surface area contributed by atoms with Crippen LogP contribution in [0.25, 0.3) is 32.3 Å². The molecular weight excluding hydrogens is 200 g/mol. The van der Waals surface area contributed by atoms with Gasteiger partial charge >= 0.3 is 0 Å². The summed E-state index contributed by atoms with van der Waals surface area (Å²) in [5.74, 6) is 0. The molecule has 2 aromatic carbocycles. The minimum absolute atomic E-state index is 1.39. The van der Waals surface area contributed by atoms with Crippen molar-refractivity contribution in [3.05, 3.63) is 47.8 Å². The van der Waals surface area contributed by atoms with E-state index in [1.54, 1.807) is 0 Å². The lowest BCUT2D eigenvalue weighted by Gasteiger charge is -2.00. The lowest BCUT2D eigenvalue weighted by molar-refractivity contribution is 1.70. The van der Waals surface area contributed by atoms with E-state index in [-0.39, 0.29) is 0 Å². The molecule has 70 valence electrons. The van der Waals surface area contributed by atoms with Gasteiger partial charge in [0.2, 0.25) is 0 Å². The van der Waals surface area contributed by atoms with E-state index in [0.717, 1.165) is 0 Å². The van der Waals surface area contributed by atoms with E-state index >= 15 is 0 Å². The molecule has 1 heteroatoms. The standard InChI is InChI=1S/C14H8S/c1-2-5-10-9(4-1)11-6-3-7-13-14(11)12(10)8-15-13/h1-8H. The number of fused-ring (bicyclic) bond motifs is 3. The Hall–Kier alpha value is -1.60. The third-order valence-corrected chi connectivity index (χ3v) is 4.05. The van der Waals surface area contributed by atoms with Gasteiger partial charge in [0.05, 0.1) is 0 Å². The van der Waals surface area contributed by atoms with Crippen LogP contribution in [-0.2, 0) is 0 Å². The molecule has 0 atom stereocenters. The molecule has 1 aromatic heterocycles. The van der Waals surface area contributed by atoms with Crippen LogP contribution in [0.1, 0.15) is 0 Å². The molecular formula is C14H8S. The summed E-state index contributed by atoms with van der Waals surface area (Å²) < 4.78 is 1.40. The van der Waals surface area contributed by atoms with Crippen molar-refractivity contribution < 1.29 is 0 Å². The van der Waals surface area contributed by atoms with Crippen molar-refractivity contribution in [1.29, 1.82) is 0 Å². The maximum Gasteiger partial charge on any atom is 0.0355 e. The Labute approximate surface area is 91.8 Å². The van der Waals surface area contributed by atoms with Crippen molar-refractivity contribution in [2.75, 3.05) is 0 Å². The van der Waals surface area contributed by atoms with Crippen LogP contribution in [0.15, 0.2) is 47.8 Å². The summed E-state index contributed by atoms with van der Waals surface area (Å²) in [5, 5.41) is 3.73. The van der Waals surface area contributed by atoms with Gasteiger partial charge in [-0.2, -0.15) is 0 Å². The van der Waals surface area contributed by atoms with Crippen LogP contribution in [-0.4, -0.2) is 0 Å². The van der Waals surface area contributed by atoms with E-state index in [9.17, 15) is 0 Å². The Kier molecular flexibility index (Phi) is 1.28. The van der Waals surface area contributed by atoms with Gasteiger partial charge in [-0.15, -0.1) is 11.3 Å². The van der Waals surface area contributed by atoms with Gasteiger partial charge < -0.3 is 0 Å². The molecule has 0 N–H and O–H groups in total. The fraction of sp³-hybridized carbons (Fsp3) is 0. The zero-order chi connectivity index (χ0) is 9.83. The van der Waals surface area contributed by atoms with Crippen LogP contribution in [0.3, 0.4) is 0 Å². The molecule has 0 aliphatic heterocycles. The van der Waals surface area contributed by atoms with E-state index in [0.29, 0.717) is 0 Å². The Morgan fingerprint density at radius 3 is 2.27 bits per heavy atom. The summed E-state index contributed by atoms with van der Waals surface area (Å²) in [5.41, 5.74) is 5.60. The summed E-state index contributed by atoms with van der Waals surface area (Å²) in [7, 11) is 0. The fourth-order valence-corrected chi connectivity index (χ4v) is 3.45. The van der Waals surface area contributed by atoms with E-state index in [1.807, 2.05) is 11.3 Å². The molecule has 4 rings (SSSR count). The van der Waals surface area contributed by atoms with E-state index in [4.69, 9.17) is 0 Å². The predicted molar refractivity (Wildman–Crippen MR) is 66.3 cm³/mol. The van der Waals surface area contributed by atoms with Crippen molar-refractivity contribution in [3.63, 3.8) is 0 Å². The SMILES string of the molecule is c1ccc2c(c1)-c1cccc3scc-2c13. The number of benzene rings is 2. The quantitative estimate of drug-likeness (QED) is 0.397. The summed E-state index contributed by atoms with van der Waals surface area (Å²) in [6.45, 7) is 0. The van der Waals surface area contributed by atoms with Crippen molar-refractivity contribution in [1.82, 2.24) is 0 Å². The first-order chi connectivity index (χ1) is 7.45. The first-order valence-electron chi connectivity index (χ1n) is 5.05. The molecule has 0 spiro atoms. The Bertz CT molecular complexity index is 662. The van der Waals surface area contributed by atoms with Gasteiger partial charge in [-0.05, 0) is 28.1 Å². The Balaban J connectivity index is 2.31. The average molecular weight is 208 g/mol. The van der Waals surface area contributed by atoms with Crippen LogP contribution in [0, 0.1) is 0 Å². The van der Waals surface area contributed by atoms with E-state index in [2.05, 4.69) is 47.8 Å². The maximum absolute atomic E-state index is 2.28. The molecule has 0 nitrogen and oxygen atoms in total. The number of rotatable bonds is 0. The second kappa shape index (κ2) is 2.50. The maximum atomic E-state index is 2.28. The molecule has 1 aliphatic carbocycles. The molecule has 0 amide bonds. The van der Waals surface area contributed by atoms with Gasteiger partial charge in [0, 0.05) is 15.6 Å². The predicted octanol–water partition coefficient (Wildman–Crippen LogP) is 4.55. The molecule has 0 fully saturated rings. The van der Waals surface area contributed by atoms with E-state index < -0.39 is 0 Å². The van der Waals surface area contributed by atoms with Crippen LogP contribution < -0.4 is 0 Å². The zero-order valence-corrected chi connectivity index (χ0v) is 8.84. The largest absolute Gasteiger partial charge is 0.143 e. The zero-order valence-electron chi connectivity index (χ0n) is 8.03. The lowest BCUT2D eigenvalue weighted by Crippen LogP contribution is -1.73. The van der Waals surface area contributed by atoms with Gasteiger partial charge in [0.1, 0.15) is 0 Å². The molecule has 15 heavy (non-hydrogen) atoms. The second-order valence-corrected chi connectivity index (χ2v) is 4.78. The molecule has 0 radical (unpaired) electrons. The van der Waals surface area contributed by atoms with E-state index in [1.165, 1.54) is 32.3 Å². The average Bonchev–Trinajstić information content (AvgIpc) is 2.85. The summed E-state index contributed by atoms with van der Waals surface area (Å²) >= 11 is 1.84. The highest BCUT2D eigenvalue weighted by atomic mass is 32.1. The van der Waals surface area contributed by atoms with Gasteiger partial charge in [0.25, 0.3) is 0 Å². The van der Waals surface area contributed by atoms with Gasteiger partial charge in [-0.1, -0.05) is 36.4 Å².